The van der Waals surface area contributed by atoms with E-state index in [0.717, 1.165) is 5.56 Å². The third-order valence-corrected chi connectivity index (χ3v) is 3.61. The van der Waals surface area contributed by atoms with Crippen molar-refractivity contribution in [3.05, 3.63) is 41.7 Å². The van der Waals surface area contributed by atoms with E-state index >= 15 is 0 Å². The number of aryl methyl sites for hydroxylation is 1. The van der Waals surface area contributed by atoms with Crippen LogP contribution in [0.3, 0.4) is 0 Å². The lowest BCUT2D eigenvalue weighted by molar-refractivity contribution is -0.0693. The summed E-state index contributed by atoms with van der Waals surface area (Å²) in [5.74, 6) is -2.25. The second-order valence-corrected chi connectivity index (χ2v) is 5.66. The van der Waals surface area contributed by atoms with E-state index in [2.05, 4.69) is 5.16 Å². The first-order chi connectivity index (χ1) is 10.5. The van der Waals surface area contributed by atoms with Gasteiger partial charge in [-0.3, -0.25) is 4.90 Å². The van der Waals surface area contributed by atoms with E-state index in [1.54, 1.807) is 11.0 Å². The quantitative estimate of drug-likeness (QED) is 0.873. The van der Waals surface area contributed by atoms with Gasteiger partial charge in [0.2, 0.25) is 0 Å². The fraction of sp³-hybridized carbons (Fsp3) is 0.438. The van der Waals surface area contributed by atoms with Crippen LogP contribution in [0.1, 0.15) is 11.3 Å². The van der Waals surface area contributed by atoms with E-state index < -0.39 is 12.5 Å². The molecule has 0 unspecified atom stereocenters. The highest BCUT2D eigenvalue weighted by molar-refractivity contribution is 5.59. The number of nitrogens with zero attached hydrogens (tertiary/aromatic N) is 2. The molecule has 22 heavy (non-hydrogen) atoms. The maximum Gasteiger partial charge on any atom is 0.283 e. The lowest BCUT2D eigenvalue weighted by Gasteiger charge is -2.21. The van der Waals surface area contributed by atoms with Gasteiger partial charge in [0.1, 0.15) is 12.3 Å². The predicted octanol–water partition coefficient (Wildman–Crippen LogP) is 3.12. The molecular formula is C16H18F2N2O2. The van der Waals surface area contributed by atoms with Crippen LogP contribution in [-0.2, 0) is 11.3 Å². The largest absolute Gasteiger partial charge is 0.374 e. The highest BCUT2D eigenvalue weighted by Gasteiger charge is 2.34. The van der Waals surface area contributed by atoms with Crippen molar-refractivity contribution in [2.24, 2.45) is 0 Å². The summed E-state index contributed by atoms with van der Waals surface area (Å²) in [5, 5.41) is 4.02. The summed E-state index contributed by atoms with van der Waals surface area (Å²) >= 11 is 0. The van der Waals surface area contributed by atoms with Crippen LogP contribution in [0.15, 0.2) is 34.9 Å². The van der Waals surface area contributed by atoms with Crippen LogP contribution in [-0.4, -0.2) is 42.3 Å². The molecule has 1 fully saturated rings. The van der Waals surface area contributed by atoms with Crippen LogP contribution in [0, 0.1) is 6.92 Å². The average molecular weight is 308 g/mol. The zero-order valence-electron chi connectivity index (χ0n) is 12.4. The lowest BCUT2D eigenvalue weighted by atomic mass is 10.1. The standard InChI is InChI=1S/C16H18F2N2O2/c1-12-2-4-13(5-3-12)15-8-14(22-19-15)9-20-6-7-21-11-16(17,18)10-20/h2-5,8H,6-7,9-11H2,1H3. The van der Waals surface area contributed by atoms with Crippen LogP contribution in [0.25, 0.3) is 11.3 Å². The van der Waals surface area contributed by atoms with Gasteiger partial charge < -0.3 is 9.26 Å². The molecule has 0 N–H and O–H groups in total. The Hall–Kier alpha value is -1.79. The number of benzene rings is 1. The molecule has 1 aromatic heterocycles. The Morgan fingerprint density at radius 2 is 2.05 bits per heavy atom. The van der Waals surface area contributed by atoms with Gasteiger partial charge in [0.15, 0.2) is 5.76 Å². The summed E-state index contributed by atoms with van der Waals surface area (Å²) < 4.78 is 37.2. The number of halogens is 2. The van der Waals surface area contributed by atoms with E-state index in [0.29, 0.717) is 31.2 Å². The second-order valence-electron chi connectivity index (χ2n) is 5.66. The van der Waals surface area contributed by atoms with Crippen molar-refractivity contribution in [2.45, 2.75) is 19.4 Å². The molecule has 0 bridgehead atoms. The van der Waals surface area contributed by atoms with Crippen LogP contribution in [0.2, 0.25) is 0 Å². The number of ether oxygens (including phenoxy) is 1. The summed E-state index contributed by atoms with van der Waals surface area (Å²) in [4.78, 5) is 1.63. The van der Waals surface area contributed by atoms with Crippen molar-refractivity contribution in [1.82, 2.24) is 10.1 Å². The van der Waals surface area contributed by atoms with Gasteiger partial charge in [0.05, 0.1) is 19.7 Å². The van der Waals surface area contributed by atoms with E-state index in [4.69, 9.17) is 9.26 Å². The first kappa shape index (κ1) is 15.1. The summed E-state index contributed by atoms with van der Waals surface area (Å²) in [6.07, 6.45) is 0. The number of hydrogen-bond acceptors (Lipinski definition) is 4. The molecule has 0 aliphatic carbocycles. The molecule has 0 radical (unpaired) electrons. The van der Waals surface area contributed by atoms with Crippen molar-refractivity contribution >= 4 is 0 Å². The second kappa shape index (κ2) is 6.14. The number of aromatic nitrogens is 1. The molecule has 1 aromatic carbocycles. The third-order valence-electron chi connectivity index (χ3n) is 3.61. The molecule has 0 saturated carbocycles. The van der Waals surface area contributed by atoms with Crippen LogP contribution in [0.4, 0.5) is 8.78 Å². The maximum absolute atomic E-state index is 13.5. The number of hydrogen-bond donors (Lipinski definition) is 0. The minimum atomic E-state index is -2.82. The van der Waals surface area contributed by atoms with Gasteiger partial charge in [-0.25, -0.2) is 8.78 Å². The van der Waals surface area contributed by atoms with Gasteiger partial charge in [-0.1, -0.05) is 35.0 Å². The van der Waals surface area contributed by atoms with Crippen LogP contribution < -0.4 is 0 Å². The van der Waals surface area contributed by atoms with E-state index in [1.165, 1.54) is 5.56 Å². The van der Waals surface area contributed by atoms with Gasteiger partial charge in [-0.2, -0.15) is 0 Å². The minimum Gasteiger partial charge on any atom is -0.374 e. The lowest BCUT2D eigenvalue weighted by Crippen LogP contribution is -2.36. The van der Waals surface area contributed by atoms with Crippen molar-refractivity contribution in [1.29, 1.82) is 0 Å². The monoisotopic (exact) mass is 308 g/mol. The van der Waals surface area contributed by atoms with Gasteiger partial charge in [0.25, 0.3) is 5.92 Å². The molecule has 1 aliphatic heterocycles. The average Bonchev–Trinajstić information content (AvgIpc) is 2.85. The Morgan fingerprint density at radius 1 is 1.27 bits per heavy atom. The molecule has 118 valence electrons. The first-order valence-electron chi connectivity index (χ1n) is 7.22. The van der Waals surface area contributed by atoms with Gasteiger partial charge in [-0.15, -0.1) is 0 Å². The third kappa shape index (κ3) is 3.69. The molecule has 2 aromatic rings. The fourth-order valence-electron chi connectivity index (χ4n) is 2.47. The Labute approximate surface area is 127 Å². The normalized spacial score (nSPS) is 19.0. The molecule has 1 saturated heterocycles. The summed E-state index contributed by atoms with van der Waals surface area (Å²) in [7, 11) is 0. The van der Waals surface area contributed by atoms with Gasteiger partial charge in [0, 0.05) is 18.2 Å². The fourth-order valence-corrected chi connectivity index (χ4v) is 2.47. The zero-order valence-corrected chi connectivity index (χ0v) is 12.4. The van der Waals surface area contributed by atoms with Gasteiger partial charge >= 0.3 is 0 Å². The highest BCUT2D eigenvalue weighted by Crippen LogP contribution is 2.23. The Balaban J connectivity index is 1.70. The van der Waals surface area contributed by atoms with Crippen LogP contribution >= 0.6 is 0 Å². The molecular weight excluding hydrogens is 290 g/mol. The van der Waals surface area contributed by atoms with Crippen molar-refractivity contribution in [3.63, 3.8) is 0 Å². The van der Waals surface area contributed by atoms with E-state index in [-0.39, 0.29) is 6.54 Å². The summed E-state index contributed by atoms with van der Waals surface area (Å²) in [6, 6.07) is 9.72. The summed E-state index contributed by atoms with van der Waals surface area (Å²) in [6.45, 7) is 2.23. The molecule has 0 atom stereocenters. The molecule has 1 aliphatic rings. The van der Waals surface area contributed by atoms with Crippen molar-refractivity contribution in [2.75, 3.05) is 26.3 Å². The predicted molar refractivity (Wildman–Crippen MR) is 77.7 cm³/mol. The van der Waals surface area contributed by atoms with Crippen molar-refractivity contribution in [3.8, 4) is 11.3 Å². The van der Waals surface area contributed by atoms with E-state index in [1.807, 2.05) is 31.2 Å². The molecule has 0 spiro atoms. The molecule has 2 heterocycles. The molecule has 4 nitrogen and oxygen atoms in total. The maximum atomic E-state index is 13.5. The SMILES string of the molecule is Cc1ccc(-c2cc(CN3CCOCC(F)(F)C3)on2)cc1. The Kier molecular flexibility index (Phi) is 4.22. The number of rotatable bonds is 3. The topological polar surface area (TPSA) is 38.5 Å². The van der Waals surface area contributed by atoms with Gasteiger partial charge in [-0.05, 0) is 6.92 Å². The smallest absolute Gasteiger partial charge is 0.283 e. The van der Waals surface area contributed by atoms with Crippen molar-refractivity contribution < 1.29 is 18.0 Å². The molecule has 6 heteroatoms. The Bertz CT molecular complexity index is 625. The summed E-state index contributed by atoms with van der Waals surface area (Å²) in [5.41, 5.74) is 2.83. The molecule has 0 amide bonds. The number of alkyl halides is 2. The molecule has 3 rings (SSSR count). The van der Waals surface area contributed by atoms with Crippen LogP contribution in [0.5, 0.6) is 0 Å². The van der Waals surface area contributed by atoms with E-state index in [9.17, 15) is 8.78 Å². The zero-order chi connectivity index (χ0) is 15.6. The Morgan fingerprint density at radius 3 is 2.82 bits per heavy atom. The first-order valence-corrected chi connectivity index (χ1v) is 7.22. The highest BCUT2D eigenvalue weighted by atomic mass is 19.3. The minimum absolute atomic E-state index is 0.300.